The predicted octanol–water partition coefficient (Wildman–Crippen LogP) is 4.01. The van der Waals surface area contributed by atoms with E-state index in [0.717, 1.165) is 16.0 Å². The SMILES string of the molecule is CNC(=O)CSc1nc2cc(-c3ccccc3)sc2c(=O)n1Cc1ccccc1. The van der Waals surface area contributed by atoms with Gasteiger partial charge in [-0.15, -0.1) is 11.3 Å². The van der Waals surface area contributed by atoms with Crippen LogP contribution in [0.1, 0.15) is 5.56 Å². The smallest absolute Gasteiger partial charge is 0.272 e. The van der Waals surface area contributed by atoms with E-state index < -0.39 is 0 Å². The van der Waals surface area contributed by atoms with E-state index in [-0.39, 0.29) is 17.2 Å². The molecule has 0 saturated carbocycles. The number of benzene rings is 2. The van der Waals surface area contributed by atoms with Crippen LogP contribution in [0, 0.1) is 0 Å². The van der Waals surface area contributed by atoms with E-state index in [1.54, 1.807) is 11.6 Å². The highest BCUT2D eigenvalue weighted by Gasteiger charge is 2.16. The molecule has 0 bridgehead atoms. The molecule has 2 aromatic heterocycles. The average molecular weight is 422 g/mol. The Bertz CT molecular complexity index is 1200. The van der Waals surface area contributed by atoms with Crippen molar-refractivity contribution >= 4 is 39.2 Å². The second-order valence-electron chi connectivity index (χ2n) is 6.42. The number of hydrogen-bond acceptors (Lipinski definition) is 5. The largest absolute Gasteiger partial charge is 0.358 e. The molecule has 7 heteroatoms. The lowest BCUT2D eigenvalue weighted by atomic mass is 10.2. The Balaban J connectivity index is 1.81. The molecule has 4 rings (SSSR count). The number of thiophene rings is 1. The fourth-order valence-electron chi connectivity index (χ4n) is 2.95. The summed E-state index contributed by atoms with van der Waals surface area (Å²) in [6.07, 6.45) is 0. The van der Waals surface area contributed by atoms with Crippen molar-refractivity contribution in [2.45, 2.75) is 11.7 Å². The third-order valence-electron chi connectivity index (χ3n) is 4.45. The molecule has 0 aliphatic rings. The van der Waals surface area contributed by atoms with E-state index in [1.165, 1.54) is 23.1 Å². The van der Waals surface area contributed by atoms with Crippen molar-refractivity contribution < 1.29 is 4.79 Å². The third kappa shape index (κ3) is 4.26. The number of nitrogens with zero attached hydrogens (tertiary/aromatic N) is 2. The molecule has 2 heterocycles. The molecule has 0 saturated heterocycles. The molecule has 0 unspecified atom stereocenters. The van der Waals surface area contributed by atoms with E-state index in [1.807, 2.05) is 66.7 Å². The molecular formula is C22H19N3O2S2. The fraction of sp³-hybridized carbons (Fsp3) is 0.136. The lowest BCUT2D eigenvalue weighted by Gasteiger charge is -2.11. The summed E-state index contributed by atoms with van der Waals surface area (Å²) < 4.78 is 2.29. The van der Waals surface area contributed by atoms with Gasteiger partial charge in [-0.3, -0.25) is 14.2 Å². The maximum Gasteiger partial charge on any atom is 0.272 e. The summed E-state index contributed by atoms with van der Waals surface area (Å²) in [5, 5.41) is 3.16. The molecule has 2 aromatic carbocycles. The summed E-state index contributed by atoms with van der Waals surface area (Å²) in [5.74, 6) is 0.102. The van der Waals surface area contributed by atoms with Crippen LogP contribution in [0.3, 0.4) is 0 Å². The number of carbonyl (C=O) groups excluding carboxylic acids is 1. The van der Waals surface area contributed by atoms with E-state index >= 15 is 0 Å². The standard InChI is InChI=1S/C22H19N3O2S2/c1-23-19(26)14-28-22-24-17-12-18(16-10-6-3-7-11-16)29-20(17)21(27)25(22)13-15-8-4-2-5-9-15/h2-12H,13-14H2,1H3,(H,23,26). The zero-order valence-corrected chi connectivity index (χ0v) is 17.4. The Hall–Kier alpha value is -2.90. The van der Waals surface area contributed by atoms with Gasteiger partial charge in [0.25, 0.3) is 5.56 Å². The van der Waals surface area contributed by atoms with Crippen LogP contribution >= 0.6 is 23.1 Å². The normalized spacial score (nSPS) is 10.9. The summed E-state index contributed by atoms with van der Waals surface area (Å²) in [7, 11) is 1.60. The number of thioether (sulfide) groups is 1. The molecule has 1 N–H and O–H groups in total. The molecule has 0 spiro atoms. The summed E-state index contributed by atoms with van der Waals surface area (Å²) in [6, 6.07) is 21.7. The summed E-state index contributed by atoms with van der Waals surface area (Å²) in [5.41, 5.74) is 2.66. The van der Waals surface area contributed by atoms with Crippen LogP contribution in [0.15, 0.2) is 76.7 Å². The monoisotopic (exact) mass is 421 g/mol. The second kappa shape index (κ2) is 8.63. The van der Waals surface area contributed by atoms with Crippen molar-refractivity contribution in [2.24, 2.45) is 0 Å². The molecule has 0 atom stereocenters. The van der Waals surface area contributed by atoms with Crippen LogP contribution in [0.2, 0.25) is 0 Å². The topological polar surface area (TPSA) is 64.0 Å². The van der Waals surface area contributed by atoms with Crippen molar-refractivity contribution in [3.05, 3.63) is 82.6 Å². The van der Waals surface area contributed by atoms with E-state index in [0.29, 0.717) is 21.9 Å². The van der Waals surface area contributed by atoms with Gasteiger partial charge in [-0.2, -0.15) is 0 Å². The first-order valence-corrected chi connectivity index (χ1v) is 10.9. The first kappa shape index (κ1) is 19.4. The lowest BCUT2D eigenvalue weighted by molar-refractivity contribution is -0.118. The van der Waals surface area contributed by atoms with Gasteiger partial charge in [-0.25, -0.2) is 4.98 Å². The minimum absolute atomic E-state index is 0.0783. The number of amides is 1. The van der Waals surface area contributed by atoms with Crippen LogP contribution in [0.25, 0.3) is 20.7 Å². The number of nitrogens with one attached hydrogen (secondary N) is 1. The van der Waals surface area contributed by atoms with Crippen LogP contribution in [-0.4, -0.2) is 28.3 Å². The second-order valence-corrected chi connectivity index (χ2v) is 8.42. The summed E-state index contributed by atoms with van der Waals surface area (Å²) in [6.45, 7) is 0.414. The molecule has 146 valence electrons. The van der Waals surface area contributed by atoms with Gasteiger partial charge in [0.2, 0.25) is 5.91 Å². The first-order chi connectivity index (χ1) is 14.2. The average Bonchev–Trinajstić information content (AvgIpc) is 3.20. The Kier molecular flexibility index (Phi) is 5.78. The first-order valence-electron chi connectivity index (χ1n) is 9.13. The van der Waals surface area contributed by atoms with Crippen LogP contribution in [-0.2, 0) is 11.3 Å². The summed E-state index contributed by atoms with van der Waals surface area (Å²) >= 11 is 2.73. The van der Waals surface area contributed by atoms with Gasteiger partial charge < -0.3 is 5.32 Å². The minimum Gasteiger partial charge on any atom is -0.358 e. The molecule has 0 aliphatic heterocycles. The van der Waals surface area contributed by atoms with Gasteiger partial charge >= 0.3 is 0 Å². The molecule has 5 nitrogen and oxygen atoms in total. The summed E-state index contributed by atoms with van der Waals surface area (Å²) in [4.78, 5) is 30.8. The Labute approximate surface area is 176 Å². The van der Waals surface area contributed by atoms with Crippen LogP contribution in [0.4, 0.5) is 0 Å². The molecule has 1 amide bonds. The molecule has 4 aromatic rings. The quantitative estimate of drug-likeness (QED) is 0.377. The van der Waals surface area contributed by atoms with Crippen molar-refractivity contribution in [1.29, 1.82) is 0 Å². The molecular weight excluding hydrogens is 402 g/mol. The van der Waals surface area contributed by atoms with Crippen molar-refractivity contribution in [2.75, 3.05) is 12.8 Å². The maximum absolute atomic E-state index is 13.3. The van der Waals surface area contributed by atoms with Gasteiger partial charge in [0.1, 0.15) is 4.70 Å². The number of carbonyl (C=O) groups is 1. The highest BCUT2D eigenvalue weighted by atomic mass is 32.2. The van der Waals surface area contributed by atoms with Crippen molar-refractivity contribution in [3.63, 3.8) is 0 Å². The lowest BCUT2D eigenvalue weighted by Crippen LogP contribution is -2.25. The van der Waals surface area contributed by atoms with Gasteiger partial charge in [0, 0.05) is 11.9 Å². The molecule has 0 radical (unpaired) electrons. The van der Waals surface area contributed by atoms with E-state index in [2.05, 4.69) is 5.32 Å². The molecule has 0 aliphatic carbocycles. The molecule has 0 fully saturated rings. The van der Waals surface area contributed by atoms with Crippen molar-refractivity contribution in [3.8, 4) is 10.4 Å². The minimum atomic E-state index is -0.106. The van der Waals surface area contributed by atoms with Gasteiger partial charge in [0.15, 0.2) is 5.16 Å². The zero-order chi connectivity index (χ0) is 20.2. The zero-order valence-electron chi connectivity index (χ0n) is 15.8. The fourth-order valence-corrected chi connectivity index (χ4v) is 4.87. The van der Waals surface area contributed by atoms with Crippen molar-refractivity contribution in [1.82, 2.24) is 14.9 Å². The maximum atomic E-state index is 13.3. The highest BCUT2D eigenvalue weighted by molar-refractivity contribution is 7.99. The van der Waals surface area contributed by atoms with Gasteiger partial charge in [0.05, 0.1) is 17.8 Å². The number of aromatic nitrogens is 2. The third-order valence-corrected chi connectivity index (χ3v) is 6.59. The predicted molar refractivity (Wildman–Crippen MR) is 120 cm³/mol. The van der Waals surface area contributed by atoms with E-state index in [9.17, 15) is 9.59 Å². The highest BCUT2D eigenvalue weighted by Crippen LogP contribution is 2.32. The number of rotatable bonds is 6. The molecule has 29 heavy (non-hydrogen) atoms. The number of hydrogen-bond donors (Lipinski definition) is 1. The van der Waals surface area contributed by atoms with Crippen LogP contribution < -0.4 is 10.9 Å². The Morgan fingerprint density at radius 2 is 1.79 bits per heavy atom. The van der Waals surface area contributed by atoms with Gasteiger partial charge in [-0.1, -0.05) is 72.4 Å². The number of fused-ring (bicyclic) bond motifs is 1. The van der Waals surface area contributed by atoms with Crippen LogP contribution in [0.5, 0.6) is 0 Å². The van der Waals surface area contributed by atoms with Gasteiger partial charge in [-0.05, 0) is 17.2 Å². The Morgan fingerprint density at radius 3 is 2.48 bits per heavy atom. The Morgan fingerprint density at radius 1 is 1.10 bits per heavy atom. The van der Waals surface area contributed by atoms with E-state index in [4.69, 9.17) is 4.98 Å².